The summed E-state index contributed by atoms with van der Waals surface area (Å²) >= 11 is 5.78. The number of aryl methyl sites for hydroxylation is 1. The number of fused-ring (bicyclic) bond motifs is 1. The summed E-state index contributed by atoms with van der Waals surface area (Å²) in [5, 5.41) is 9.93. The zero-order valence-corrected chi connectivity index (χ0v) is 12.0. The van der Waals surface area contributed by atoms with Crippen LogP contribution in [0.2, 0.25) is 0 Å². The highest BCUT2D eigenvalue weighted by Gasteiger charge is 2.17. The van der Waals surface area contributed by atoms with Gasteiger partial charge in [-0.25, -0.2) is 4.98 Å². The van der Waals surface area contributed by atoms with Crippen molar-refractivity contribution >= 4 is 22.6 Å². The minimum Gasteiger partial charge on any atom is -0.442 e. The van der Waals surface area contributed by atoms with Crippen LogP contribution in [-0.2, 0) is 5.88 Å². The molecule has 0 spiro atoms. The lowest BCUT2D eigenvalue weighted by Crippen LogP contribution is -1.93. The van der Waals surface area contributed by atoms with Crippen LogP contribution in [0.1, 0.15) is 16.9 Å². The molecule has 2 aromatic heterocycles. The molecule has 0 amide bonds. The van der Waals surface area contributed by atoms with Crippen LogP contribution in [0.5, 0.6) is 11.6 Å². The number of rotatable bonds is 3. The first-order valence-electron chi connectivity index (χ1n) is 6.34. The Morgan fingerprint density at radius 3 is 2.90 bits per heavy atom. The van der Waals surface area contributed by atoms with E-state index in [0.717, 1.165) is 16.5 Å². The lowest BCUT2D eigenvalue weighted by atomic mass is 10.2. The number of pyridine rings is 1. The van der Waals surface area contributed by atoms with Gasteiger partial charge in [0.2, 0.25) is 11.6 Å². The normalized spacial score (nSPS) is 10.5. The Kier molecular flexibility index (Phi) is 3.51. The van der Waals surface area contributed by atoms with Crippen molar-refractivity contribution in [2.45, 2.75) is 12.8 Å². The molecular weight excluding hydrogens is 288 g/mol. The molecule has 21 heavy (non-hydrogen) atoms. The molecule has 0 aliphatic carbocycles. The van der Waals surface area contributed by atoms with Gasteiger partial charge in [-0.05, 0) is 30.7 Å². The maximum absolute atomic E-state index is 9.19. The SMILES string of the molecule is Cc1cc(CCl)cnc1Oc1c(C#N)oc2ccccc12. The Morgan fingerprint density at radius 2 is 2.19 bits per heavy atom. The van der Waals surface area contributed by atoms with Crippen molar-refractivity contribution < 1.29 is 9.15 Å². The summed E-state index contributed by atoms with van der Waals surface area (Å²) in [4.78, 5) is 4.25. The molecule has 0 saturated heterocycles. The molecule has 0 bridgehead atoms. The molecule has 0 atom stereocenters. The van der Waals surface area contributed by atoms with E-state index in [1.165, 1.54) is 0 Å². The summed E-state index contributed by atoms with van der Waals surface area (Å²) < 4.78 is 11.3. The van der Waals surface area contributed by atoms with Gasteiger partial charge < -0.3 is 9.15 Å². The average Bonchev–Trinajstić information content (AvgIpc) is 2.87. The van der Waals surface area contributed by atoms with E-state index in [1.807, 2.05) is 37.3 Å². The van der Waals surface area contributed by atoms with Gasteiger partial charge in [0.05, 0.1) is 5.39 Å². The molecule has 2 heterocycles. The van der Waals surface area contributed by atoms with E-state index in [9.17, 15) is 5.26 Å². The van der Waals surface area contributed by atoms with Gasteiger partial charge in [-0.3, -0.25) is 0 Å². The van der Waals surface area contributed by atoms with Crippen LogP contribution >= 0.6 is 11.6 Å². The minimum atomic E-state index is 0.138. The van der Waals surface area contributed by atoms with E-state index >= 15 is 0 Å². The summed E-state index contributed by atoms with van der Waals surface area (Å²) in [6.07, 6.45) is 1.66. The number of benzene rings is 1. The maximum atomic E-state index is 9.19. The molecule has 3 rings (SSSR count). The topological polar surface area (TPSA) is 59.0 Å². The summed E-state index contributed by atoms with van der Waals surface area (Å²) in [5.74, 6) is 1.36. The first-order chi connectivity index (χ1) is 10.2. The monoisotopic (exact) mass is 298 g/mol. The number of para-hydroxylation sites is 1. The average molecular weight is 299 g/mol. The first-order valence-corrected chi connectivity index (χ1v) is 6.87. The van der Waals surface area contributed by atoms with Crippen LogP contribution in [0, 0.1) is 18.3 Å². The third-order valence-electron chi connectivity index (χ3n) is 3.09. The molecule has 4 nitrogen and oxygen atoms in total. The van der Waals surface area contributed by atoms with E-state index < -0.39 is 0 Å². The number of hydrogen-bond acceptors (Lipinski definition) is 4. The summed E-state index contributed by atoms with van der Waals surface area (Å²) in [6, 6.07) is 11.3. The second-order valence-corrected chi connectivity index (χ2v) is 4.84. The number of halogens is 1. The van der Waals surface area contributed by atoms with Gasteiger partial charge in [-0.15, -0.1) is 11.6 Å². The van der Waals surface area contributed by atoms with Crippen LogP contribution in [0.3, 0.4) is 0 Å². The highest BCUT2D eigenvalue weighted by Crippen LogP contribution is 2.36. The van der Waals surface area contributed by atoms with E-state index in [-0.39, 0.29) is 5.76 Å². The van der Waals surface area contributed by atoms with Gasteiger partial charge in [-0.1, -0.05) is 12.1 Å². The van der Waals surface area contributed by atoms with Crippen molar-refractivity contribution in [2.24, 2.45) is 0 Å². The Balaban J connectivity index is 2.08. The van der Waals surface area contributed by atoms with E-state index in [1.54, 1.807) is 12.3 Å². The van der Waals surface area contributed by atoms with E-state index in [2.05, 4.69) is 4.98 Å². The first kappa shape index (κ1) is 13.5. The fourth-order valence-electron chi connectivity index (χ4n) is 2.09. The molecule has 0 N–H and O–H groups in total. The fraction of sp³-hybridized carbons (Fsp3) is 0.125. The maximum Gasteiger partial charge on any atom is 0.247 e. The number of nitrogens with zero attached hydrogens (tertiary/aromatic N) is 2. The standard InChI is InChI=1S/C16H11ClN2O2/c1-10-6-11(7-17)9-19-16(10)21-15-12-4-2-3-5-13(12)20-14(15)8-18/h2-6,9H,7H2,1H3. The van der Waals surface area contributed by atoms with E-state index in [4.69, 9.17) is 20.8 Å². The Bertz CT molecular complexity index is 849. The number of aromatic nitrogens is 1. The molecular formula is C16H11ClN2O2. The smallest absolute Gasteiger partial charge is 0.247 e. The number of alkyl halides is 1. The van der Waals surface area contributed by atoms with Crippen molar-refractivity contribution in [1.82, 2.24) is 4.98 Å². The van der Waals surface area contributed by atoms with Gasteiger partial charge in [0.1, 0.15) is 11.7 Å². The van der Waals surface area contributed by atoms with Gasteiger partial charge in [0, 0.05) is 17.6 Å². The lowest BCUT2D eigenvalue weighted by Gasteiger charge is -2.07. The number of ether oxygens (including phenoxy) is 1. The molecule has 5 heteroatoms. The van der Waals surface area contributed by atoms with E-state index in [0.29, 0.717) is 23.1 Å². The van der Waals surface area contributed by atoms with Crippen molar-refractivity contribution in [1.29, 1.82) is 5.26 Å². The molecule has 0 aliphatic rings. The van der Waals surface area contributed by atoms with Crippen LogP contribution in [0.15, 0.2) is 40.9 Å². The highest BCUT2D eigenvalue weighted by atomic mass is 35.5. The molecule has 3 aromatic rings. The van der Waals surface area contributed by atoms with Crippen molar-refractivity contribution in [2.75, 3.05) is 0 Å². The van der Waals surface area contributed by atoms with Crippen molar-refractivity contribution in [3.8, 4) is 17.7 Å². The van der Waals surface area contributed by atoms with Crippen molar-refractivity contribution in [3.05, 3.63) is 53.4 Å². The van der Waals surface area contributed by atoms with Gasteiger partial charge in [0.25, 0.3) is 0 Å². The summed E-state index contributed by atoms with van der Waals surface area (Å²) in [5.41, 5.74) is 2.38. The molecule has 0 unspecified atom stereocenters. The number of furan rings is 1. The molecule has 104 valence electrons. The minimum absolute atomic E-state index is 0.138. The third-order valence-corrected chi connectivity index (χ3v) is 3.40. The quantitative estimate of drug-likeness (QED) is 0.666. The number of nitriles is 1. The Hall–Kier alpha value is -2.51. The summed E-state index contributed by atoms with van der Waals surface area (Å²) in [7, 11) is 0. The number of hydrogen-bond donors (Lipinski definition) is 0. The molecule has 0 saturated carbocycles. The molecule has 0 fully saturated rings. The van der Waals surface area contributed by atoms with Crippen LogP contribution in [0.4, 0.5) is 0 Å². The van der Waals surface area contributed by atoms with Crippen LogP contribution in [-0.4, -0.2) is 4.98 Å². The van der Waals surface area contributed by atoms with Crippen LogP contribution in [0.25, 0.3) is 11.0 Å². The van der Waals surface area contributed by atoms with Crippen molar-refractivity contribution in [3.63, 3.8) is 0 Å². The predicted octanol–water partition coefficient (Wildman–Crippen LogP) is 4.54. The fourth-order valence-corrected chi connectivity index (χ4v) is 2.24. The zero-order chi connectivity index (χ0) is 14.8. The lowest BCUT2D eigenvalue weighted by molar-refractivity contribution is 0.447. The zero-order valence-electron chi connectivity index (χ0n) is 11.3. The molecule has 0 aliphatic heterocycles. The van der Waals surface area contributed by atoms with Gasteiger partial charge >= 0.3 is 0 Å². The second-order valence-electron chi connectivity index (χ2n) is 4.57. The molecule has 1 aromatic carbocycles. The largest absolute Gasteiger partial charge is 0.442 e. The molecule has 0 radical (unpaired) electrons. The third kappa shape index (κ3) is 2.44. The van der Waals surface area contributed by atoms with Gasteiger partial charge in [-0.2, -0.15) is 5.26 Å². The predicted molar refractivity (Wildman–Crippen MR) is 79.5 cm³/mol. The summed E-state index contributed by atoms with van der Waals surface area (Å²) in [6.45, 7) is 1.88. The second kappa shape index (κ2) is 5.47. The highest BCUT2D eigenvalue weighted by molar-refractivity contribution is 6.17. The Morgan fingerprint density at radius 1 is 1.38 bits per heavy atom. The van der Waals surface area contributed by atoms with Gasteiger partial charge in [0.15, 0.2) is 5.75 Å². The Labute approximate surface area is 126 Å². The van der Waals surface area contributed by atoms with Crippen LogP contribution < -0.4 is 4.74 Å².